The molecule has 2 aromatic carbocycles. The Hall–Kier alpha value is -2.73. The average Bonchev–Trinajstić information content (AvgIpc) is 2.47. The van der Waals surface area contributed by atoms with Crippen molar-refractivity contribution in [3.63, 3.8) is 0 Å². The lowest BCUT2D eigenvalue weighted by molar-refractivity contribution is 0.102. The summed E-state index contributed by atoms with van der Waals surface area (Å²) in [6.45, 7) is 1.93. The molecule has 0 atom stereocenters. The Morgan fingerprint density at radius 2 is 2.05 bits per heavy atom. The standard InChI is InChI=1S/C17H15NO2/c1-4-13-6-5-7-15(10-13)18-17(19)14-9-8-12(2)16(11-14)20-3/h1,5-11H,2-3H3,(H,18,19). The maximum Gasteiger partial charge on any atom is 0.255 e. The highest BCUT2D eigenvalue weighted by Crippen LogP contribution is 2.20. The smallest absolute Gasteiger partial charge is 0.255 e. The van der Waals surface area contributed by atoms with Crippen LogP contribution in [0.5, 0.6) is 5.75 Å². The van der Waals surface area contributed by atoms with Crippen molar-refractivity contribution in [2.45, 2.75) is 6.92 Å². The first-order valence-corrected chi connectivity index (χ1v) is 6.16. The van der Waals surface area contributed by atoms with Gasteiger partial charge in [-0.15, -0.1) is 6.42 Å². The fourth-order valence-electron chi connectivity index (χ4n) is 1.85. The molecule has 0 saturated carbocycles. The summed E-state index contributed by atoms with van der Waals surface area (Å²) in [4.78, 5) is 12.2. The lowest BCUT2D eigenvalue weighted by Gasteiger charge is -2.09. The van der Waals surface area contributed by atoms with E-state index in [-0.39, 0.29) is 5.91 Å². The van der Waals surface area contributed by atoms with Crippen molar-refractivity contribution in [3.05, 3.63) is 59.2 Å². The number of carbonyl (C=O) groups excluding carboxylic acids is 1. The molecule has 0 spiro atoms. The van der Waals surface area contributed by atoms with Crippen LogP contribution in [0.4, 0.5) is 5.69 Å². The molecule has 0 aromatic heterocycles. The molecule has 0 aliphatic rings. The third kappa shape index (κ3) is 2.99. The summed E-state index contributed by atoms with van der Waals surface area (Å²) < 4.78 is 5.22. The molecule has 3 nitrogen and oxygen atoms in total. The minimum Gasteiger partial charge on any atom is -0.496 e. The summed E-state index contributed by atoms with van der Waals surface area (Å²) in [7, 11) is 1.58. The van der Waals surface area contributed by atoms with Crippen LogP contribution in [-0.2, 0) is 0 Å². The first kappa shape index (κ1) is 13.7. The van der Waals surface area contributed by atoms with Gasteiger partial charge in [0, 0.05) is 16.8 Å². The topological polar surface area (TPSA) is 38.3 Å². The fourth-order valence-corrected chi connectivity index (χ4v) is 1.85. The molecule has 0 heterocycles. The van der Waals surface area contributed by atoms with Gasteiger partial charge >= 0.3 is 0 Å². The van der Waals surface area contributed by atoms with Gasteiger partial charge in [0.25, 0.3) is 5.91 Å². The molecule has 20 heavy (non-hydrogen) atoms. The van der Waals surface area contributed by atoms with Gasteiger partial charge in [-0.05, 0) is 42.8 Å². The zero-order chi connectivity index (χ0) is 14.5. The fraction of sp³-hybridized carbons (Fsp3) is 0.118. The van der Waals surface area contributed by atoms with Crippen LogP contribution in [0.2, 0.25) is 0 Å². The van der Waals surface area contributed by atoms with Gasteiger partial charge in [0.15, 0.2) is 0 Å². The molecule has 0 radical (unpaired) electrons. The second kappa shape index (κ2) is 5.94. The number of rotatable bonds is 3. The Kier molecular flexibility index (Phi) is 4.07. The van der Waals surface area contributed by atoms with Crippen LogP contribution in [0.15, 0.2) is 42.5 Å². The highest BCUT2D eigenvalue weighted by molar-refractivity contribution is 6.04. The van der Waals surface area contributed by atoms with Crippen molar-refractivity contribution in [1.82, 2.24) is 0 Å². The number of ether oxygens (including phenoxy) is 1. The number of nitrogens with one attached hydrogen (secondary N) is 1. The van der Waals surface area contributed by atoms with Crippen LogP contribution in [0.1, 0.15) is 21.5 Å². The molecule has 0 fully saturated rings. The Morgan fingerprint density at radius 3 is 2.75 bits per heavy atom. The Bertz CT molecular complexity index is 684. The van der Waals surface area contributed by atoms with Crippen molar-refractivity contribution in [3.8, 4) is 18.1 Å². The van der Waals surface area contributed by atoms with E-state index in [9.17, 15) is 4.79 Å². The minimum absolute atomic E-state index is 0.197. The monoisotopic (exact) mass is 265 g/mol. The third-order valence-corrected chi connectivity index (χ3v) is 2.96. The molecule has 0 unspecified atom stereocenters. The van der Waals surface area contributed by atoms with Crippen LogP contribution >= 0.6 is 0 Å². The third-order valence-electron chi connectivity index (χ3n) is 2.96. The van der Waals surface area contributed by atoms with E-state index in [4.69, 9.17) is 11.2 Å². The lowest BCUT2D eigenvalue weighted by Crippen LogP contribution is -2.12. The van der Waals surface area contributed by atoms with Gasteiger partial charge < -0.3 is 10.1 Å². The second-order valence-corrected chi connectivity index (χ2v) is 4.36. The molecule has 0 aliphatic carbocycles. The van der Waals surface area contributed by atoms with Gasteiger partial charge in [-0.3, -0.25) is 4.79 Å². The summed E-state index contributed by atoms with van der Waals surface area (Å²) in [6, 6.07) is 12.5. The van der Waals surface area contributed by atoms with Crippen molar-refractivity contribution in [2.75, 3.05) is 12.4 Å². The summed E-state index contributed by atoms with van der Waals surface area (Å²) in [5.41, 5.74) is 2.92. The normalized spacial score (nSPS) is 9.65. The highest BCUT2D eigenvalue weighted by atomic mass is 16.5. The van der Waals surface area contributed by atoms with Gasteiger partial charge in [0.2, 0.25) is 0 Å². The number of benzene rings is 2. The number of terminal acetylenes is 1. The van der Waals surface area contributed by atoms with Crippen LogP contribution in [0, 0.1) is 19.3 Å². The van der Waals surface area contributed by atoms with Crippen molar-refractivity contribution < 1.29 is 9.53 Å². The van der Waals surface area contributed by atoms with Crippen LogP contribution in [0.3, 0.4) is 0 Å². The molecule has 0 saturated heterocycles. The van der Waals surface area contributed by atoms with Crippen LogP contribution in [-0.4, -0.2) is 13.0 Å². The zero-order valence-corrected chi connectivity index (χ0v) is 11.4. The number of methoxy groups -OCH3 is 1. The second-order valence-electron chi connectivity index (χ2n) is 4.36. The largest absolute Gasteiger partial charge is 0.496 e. The number of aryl methyl sites for hydroxylation is 1. The van der Waals surface area contributed by atoms with E-state index in [0.717, 1.165) is 11.1 Å². The predicted molar refractivity (Wildman–Crippen MR) is 80.1 cm³/mol. The predicted octanol–water partition coefficient (Wildman–Crippen LogP) is 3.24. The number of hydrogen-bond donors (Lipinski definition) is 1. The zero-order valence-electron chi connectivity index (χ0n) is 11.4. The van der Waals surface area contributed by atoms with E-state index in [1.165, 1.54) is 0 Å². The van der Waals surface area contributed by atoms with Crippen LogP contribution in [0.25, 0.3) is 0 Å². The van der Waals surface area contributed by atoms with Crippen molar-refractivity contribution in [2.24, 2.45) is 0 Å². The van der Waals surface area contributed by atoms with Crippen molar-refractivity contribution >= 4 is 11.6 Å². The quantitative estimate of drug-likeness (QED) is 0.865. The molecule has 3 heteroatoms. The van der Waals surface area contributed by atoms with Gasteiger partial charge in [-0.25, -0.2) is 0 Å². The Balaban J connectivity index is 2.22. The lowest BCUT2D eigenvalue weighted by atomic mass is 10.1. The molecular weight excluding hydrogens is 250 g/mol. The summed E-state index contributed by atoms with van der Waals surface area (Å²) in [5.74, 6) is 3.03. The van der Waals surface area contributed by atoms with E-state index in [0.29, 0.717) is 17.0 Å². The molecule has 0 bridgehead atoms. The van der Waals surface area contributed by atoms with Crippen molar-refractivity contribution in [1.29, 1.82) is 0 Å². The first-order chi connectivity index (χ1) is 9.63. The van der Waals surface area contributed by atoms with E-state index in [2.05, 4.69) is 11.2 Å². The molecule has 2 rings (SSSR count). The van der Waals surface area contributed by atoms with Gasteiger partial charge in [-0.1, -0.05) is 18.1 Å². The maximum atomic E-state index is 12.2. The van der Waals surface area contributed by atoms with E-state index in [1.54, 1.807) is 37.4 Å². The number of hydrogen-bond acceptors (Lipinski definition) is 2. The summed E-state index contributed by atoms with van der Waals surface area (Å²) in [6.07, 6.45) is 5.34. The minimum atomic E-state index is -0.197. The number of amides is 1. The van der Waals surface area contributed by atoms with Gasteiger partial charge in [0.1, 0.15) is 5.75 Å². The van der Waals surface area contributed by atoms with Gasteiger partial charge in [-0.2, -0.15) is 0 Å². The summed E-state index contributed by atoms with van der Waals surface area (Å²) in [5, 5.41) is 2.81. The SMILES string of the molecule is C#Cc1cccc(NC(=O)c2ccc(C)c(OC)c2)c1. The van der Waals surface area contributed by atoms with E-state index >= 15 is 0 Å². The van der Waals surface area contributed by atoms with Crippen LogP contribution < -0.4 is 10.1 Å². The molecule has 1 amide bonds. The highest BCUT2D eigenvalue weighted by Gasteiger charge is 2.09. The maximum absolute atomic E-state index is 12.2. The van der Waals surface area contributed by atoms with E-state index < -0.39 is 0 Å². The molecule has 100 valence electrons. The summed E-state index contributed by atoms with van der Waals surface area (Å²) >= 11 is 0. The molecule has 2 aromatic rings. The average molecular weight is 265 g/mol. The van der Waals surface area contributed by atoms with Gasteiger partial charge in [0.05, 0.1) is 7.11 Å². The Morgan fingerprint density at radius 1 is 1.25 bits per heavy atom. The molecular formula is C17H15NO2. The first-order valence-electron chi connectivity index (χ1n) is 6.16. The Labute approximate surface area is 118 Å². The molecule has 1 N–H and O–H groups in total. The van der Waals surface area contributed by atoms with E-state index in [1.807, 2.05) is 19.1 Å². The number of carbonyl (C=O) groups is 1. The number of anilines is 1. The molecule has 0 aliphatic heterocycles.